The van der Waals surface area contributed by atoms with Crippen LogP contribution in [0.25, 0.3) is 11.1 Å². The van der Waals surface area contributed by atoms with Crippen molar-refractivity contribution in [2.75, 3.05) is 0 Å². The molecule has 2 heterocycles. The highest BCUT2D eigenvalue weighted by Gasteiger charge is 2.39. The lowest BCUT2D eigenvalue weighted by Gasteiger charge is -2.31. The molecule has 4 nitrogen and oxygen atoms in total. The molecule has 2 aromatic rings. The molecule has 0 spiro atoms. The molecule has 1 aliphatic carbocycles. The number of rotatable bonds is 8. The Morgan fingerprint density at radius 2 is 1.36 bits per heavy atom. The van der Waals surface area contributed by atoms with Crippen LogP contribution in [0.3, 0.4) is 0 Å². The van der Waals surface area contributed by atoms with E-state index < -0.39 is 0 Å². The molecule has 0 N–H and O–H groups in total. The maximum Gasteiger partial charge on any atom is 0.334 e. The van der Waals surface area contributed by atoms with Gasteiger partial charge >= 0.3 is 11.9 Å². The van der Waals surface area contributed by atoms with E-state index in [0.29, 0.717) is 35.8 Å². The van der Waals surface area contributed by atoms with Crippen molar-refractivity contribution in [3.63, 3.8) is 0 Å². The van der Waals surface area contributed by atoms with Crippen LogP contribution >= 0.6 is 0 Å². The van der Waals surface area contributed by atoms with Gasteiger partial charge in [-0.05, 0) is 51.6 Å². The molecule has 36 heavy (non-hydrogen) atoms. The molecule has 5 rings (SSSR count). The van der Waals surface area contributed by atoms with Gasteiger partial charge in [0.1, 0.15) is 12.2 Å². The minimum Gasteiger partial charge on any atom is -0.454 e. The summed E-state index contributed by atoms with van der Waals surface area (Å²) in [4.78, 5) is 24.1. The van der Waals surface area contributed by atoms with Gasteiger partial charge in [0, 0.05) is 29.9 Å². The number of benzene rings is 2. The van der Waals surface area contributed by atoms with E-state index in [1.165, 1.54) is 35.1 Å². The van der Waals surface area contributed by atoms with Crippen LogP contribution in [0.5, 0.6) is 0 Å². The molecule has 2 aromatic carbocycles. The average Bonchev–Trinajstić information content (AvgIpc) is 3.51. The van der Waals surface area contributed by atoms with Gasteiger partial charge in [0.15, 0.2) is 0 Å². The number of ether oxygens (including phenoxy) is 2. The van der Waals surface area contributed by atoms with E-state index in [4.69, 9.17) is 9.47 Å². The van der Waals surface area contributed by atoms with Crippen LogP contribution in [0.15, 0.2) is 60.7 Å². The molecular weight excluding hydrogens is 448 g/mol. The molecule has 4 atom stereocenters. The van der Waals surface area contributed by atoms with Gasteiger partial charge < -0.3 is 9.47 Å². The second-order valence-corrected chi connectivity index (χ2v) is 10.8. The topological polar surface area (TPSA) is 52.6 Å². The lowest BCUT2D eigenvalue weighted by molar-refractivity contribution is -0.140. The fourth-order valence-electron chi connectivity index (χ4n) is 6.21. The lowest BCUT2D eigenvalue weighted by Crippen LogP contribution is -2.20. The van der Waals surface area contributed by atoms with Crippen LogP contribution in [0.2, 0.25) is 0 Å². The Labute approximate surface area is 214 Å². The highest BCUT2D eigenvalue weighted by molar-refractivity contribution is 5.91. The zero-order valence-electron chi connectivity index (χ0n) is 21.6. The second kappa shape index (κ2) is 9.72. The normalized spacial score (nSPS) is 24.4. The fourth-order valence-corrected chi connectivity index (χ4v) is 6.21. The Hall–Kier alpha value is -3.14. The van der Waals surface area contributed by atoms with E-state index in [-0.39, 0.29) is 30.1 Å². The Morgan fingerprint density at radius 3 is 1.75 bits per heavy atom. The van der Waals surface area contributed by atoms with Gasteiger partial charge in [0.2, 0.25) is 0 Å². The van der Waals surface area contributed by atoms with Crippen molar-refractivity contribution in [3.8, 4) is 11.1 Å². The highest BCUT2D eigenvalue weighted by Crippen LogP contribution is 2.53. The molecule has 3 aliphatic rings. The first-order chi connectivity index (χ1) is 17.3. The molecule has 2 fully saturated rings. The van der Waals surface area contributed by atoms with Crippen molar-refractivity contribution < 1.29 is 19.1 Å². The third kappa shape index (κ3) is 4.21. The first kappa shape index (κ1) is 24.5. The highest BCUT2D eigenvalue weighted by atomic mass is 16.6. The van der Waals surface area contributed by atoms with Gasteiger partial charge in [0.05, 0.1) is 0 Å². The standard InChI is InChI=1S/C32H36O4/c1-6-8-9-23(18(3)7-2)30-26-16-21(28-14-19(4)31(33)35-28)10-12-24(26)25-13-11-22(17-27(25)30)29-15-20(5)32(34)36-29/h10-13,16-18,23,28-30H,4-9,14-15H2,1-3H3. The SMILES string of the molecule is C=C1CC(c2ccc3c(c2)C(C(CCCC)C(C)CC)c2cc(C4CC(=C)C(=O)O4)ccc2-3)OC1=O. The third-order valence-electron chi connectivity index (χ3n) is 8.49. The molecule has 4 unspecified atom stereocenters. The Balaban J connectivity index is 1.60. The van der Waals surface area contributed by atoms with Crippen molar-refractivity contribution in [2.45, 2.75) is 77.4 Å². The van der Waals surface area contributed by atoms with Gasteiger partial charge in [-0.25, -0.2) is 9.59 Å². The van der Waals surface area contributed by atoms with Gasteiger partial charge in [0.25, 0.3) is 0 Å². The van der Waals surface area contributed by atoms with Crippen molar-refractivity contribution in [3.05, 3.63) is 83.0 Å². The summed E-state index contributed by atoms with van der Waals surface area (Å²) in [5.74, 6) is 0.705. The minimum absolute atomic E-state index is 0.247. The number of unbranched alkanes of at least 4 members (excludes halogenated alkanes) is 1. The molecule has 0 radical (unpaired) electrons. The molecule has 0 bridgehead atoms. The van der Waals surface area contributed by atoms with Gasteiger partial charge in [-0.2, -0.15) is 0 Å². The van der Waals surface area contributed by atoms with Crippen molar-refractivity contribution >= 4 is 11.9 Å². The number of hydrogen-bond donors (Lipinski definition) is 0. The third-order valence-corrected chi connectivity index (χ3v) is 8.49. The summed E-state index contributed by atoms with van der Waals surface area (Å²) >= 11 is 0. The zero-order valence-corrected chi connectivity index (χ0v) is 21.6. The maximum absolute atomic E-state index is 12.0. The van der Waals surface area contributed by atoms with Crippen LogP contribution in [-0.4, -0.2) is 11.9 Å². The minimum atomic E-state index is -0.293. The second-order valence-electron chi connectivity index (χ2n) is 10.8. The zero-order chi connectivity index (χ0) is 25.6. The van der Waals surface area contributed by atoms with Crippen LogP contribution in [0.4, 0.5) is 0 Å². The molecule has 188 valence electrons. The largest absolute Gasteiger partial charge is 0.454 e. The van der Waals surface area contributed by atoms with Crippen LogP contribution in [-0.2, 0) is 19.1 Å². The maximum atomic E-state index is 12.0. The fraction of sp³-hybridized carbons (Fsp3) is 0.438. The van der Waals surface area contributed by atoms with Crippen molar-refractivity contribution in [1.82, 2.24) is 0 Å². The number of hydrogen-bond acceptors (Lipinski definition) is 4. The van der Waals surface area contributed by atoms with Crippen LogP contribution in [0.1, 0.15) is 99.7 Å². The van der Waals surface area contributed by atoms with Gasteiger partial charge in [-0.15, -0.1) is 0 Å². The van der Waals surface area contributed by atoms with Gasteiger partial charge in [-0.1, -0.05) is 89.6 Å². The summed E-state index contributed by atoms with van der Waals surface area (Å²) in [6.07, 6.45) is 5.19. The first-order valence-electron chi connectivity index (χ1n) is 13.4. The molecule has 0 aromatic heterocycles. The smallest absolute Gasteiger partial charge is 0.334 e. The van der Waals surface area contributed by atoms with E-state index >= 15 is 0 Å². The van der Waals surface area contributed by atoms with Crippen LogP contribution in [0, 0.1) is 11.8 Å². The Kier molecular flexibility index (Phi) is 6.63. The van der Waals surface area contributed by atoms with E-state index in [2.05, 4.69) is 70.3 Å². The molecule has 4 heteroatoms. The first-order valence-corrected chi connectivity index (χ1v) is 13.4. The number of fused-ring (bicyclic) bond motifs is 3. The van der Waals surface area contributed by atoms with E-state index in [0.717, 1.165) is 24.0 Å². The molecular formula is C32H36O4. The van der Waals surface area contributed by atoms with E-state index in [9.17, 15) is 9.59 Å². The number of cyclic esters (lactones) is 2. The number of esters is 2. The van der Waals surface area contributed by atoms with Gasteiger partial charge in [-0.3, -0.25) is 0 Å². The van der Waals surface area contributed by atoms with Crippen molar-refractivity contribution in [1.29, 1.82) is 0 Å². The summed E-state index contributed by atoms with van der Waals surface area (Å²) < 4.78 is 11.3. The average molecular weight is 485 g/mol. The number of carbonyl (C=O) groups excluding carboxylic acids is 2. The number of carbonyl (C=O) groups is 2. The molecule has 2 saturated heterocycles. The molecule has 0 saturated carbocycles. The summed E-state index contributed by atoms with van der Waals surface area (Å²) in [6.45, 7) is 14.6. The summed E-state index contributed by atoms with van der Waals surface area (Å²) in [7, 11) is 0. The Morgan fingerprint density at radius 1 is 0.861 bits per heavy atom. The molecule has 0 amide bonds. The lowest BCUT2D eigenvalue weighted by atomic mass is 9.73. The quantitative estimate of drug-likeness (QED) is 0.284. The van der Waals surface area contributed by atoms with Crippen LogP contribution < -0.4 is 0 Å². The summed E-state index contributed by atoms with van der Waals surface area (Å²) in [6, 6.07) is 13.1. The van der Waals surface area contributed by atoms with Crippen molar-refractivity contribution in [2.24, 2.45) is 11.8 Å². The summed E-state index contributed by atoms with van der Waals surface area (Å²) in [5, 5.41) is 0. The molecule has 2 aliphatic heterocycles. The Bertz CT molecular complexity index is 1120. The predicted octanol–water partition coefficient (Wildman–Crippen LogP) is 7.74. The monoisotopic (exact) mass is 484 g/mol. The van der Waals surface area contributed by atoms with E-state index in [1.807, 2.05) is 0 Å². The predicted molar refractivity (Wildman–Crippen MR) is 141 cm³/mol. The summed E-state index contributed by atoms with van der Waals surface area (Å²) in [5.41, 5.74) is 8.31. The van der Waals surface area contributed by atoms with E-state index in [1.54, 1.807) is 0 Å².